The Hall–Kier alpha value is -2.58. The van der Waals surface area contributed by atoms with Crippen LogP contribution in [0.4, 0.5) is 0 Å². The first kappa shape index (κ1) is 14.8. The van der Waals surface area contributed by atoms with Crippen LogP contribution in [0.25, 0.3) is 0 Å². The quantitative estimate of drug-likeness (QED) is 0.822. The summed E-state index contributed by atoms with van der Waals surface area (Å²) in [5.41, 5.74) is 2.21. The molecule has 0 unspecified atom stereocenters. The SMILES string of the molecule is Cc1cnn(CCNC(=O)c2ccccc2C#CCO)c1. The molecule has 2 rings (SSSR count). The molecule has 0 aliphatic heterocycles. The van der Waals surface area contributed by atoms with Gasteiger partial charge in [-0.2, -0.15) is 5.10 Å². The van der Waals surface area contributed by atoms with Crippen molar-refractivity contribution in [1.82, 2.24) is 15.1 Å². The Morgan fingerprint density at radius 2 is 2.24 bits per heavy atom. The summed E-state index contributed by atoms with van der Waals surface area (Å²) in [5.74, 6) is 5.15. The standard InChI is InChI=1S/C16H17N3O2/c1-13-11-18-19(12-13)9-8-17-16(21)15-7-3-2-5-14(15)6-4-10-20/h2-3,5,7,11-12,20H,8-10H2,1H3,(H,17,21). The van der Waals surface area contributed by atoms with Crippen molar-refractivity contribution in [3.63, 3.8) is 0 Å². The van der Waals surface area contributed by atoms with Gasteiger partial charge in [-0.1, -0.05) is 24.0 Å². The third-order valence-electron chi connectivity index (χ3n) is 2.86. The van der Waals surface area contributed by atoms with E-state index in [9.17, 15) is 4.79 Å². The summed E-state index contributed by atoms with van der Waals surface area (Å²) in [4.78, 5) is 12.2. The van der Waals surface area contributed by atoms with Gasteiger partial charge in [-0.05, 0) is 24.6 Å². The number of carbonyl (C=O) groups is 1. The first-order chi connectivity index (χ1) is 10.2. The van der Waals surface area contributed by atoms with E-state index in [4.69, 9.17) is 5.11 Å². The number of aryl methyl sites for hydroxylation is 1. The van der Waals surface area contributed by atoms with Gasteiger partial charge in [-0.3, -0.25) is 9.48 Å². The average molecular weight is 283 g/mol. The predicted molar refractivity (Wildman–Crippen MR) is 79.7 cm³/mol. The molecule has 0 saturated carbocycles. The van der Waals surface area contributed by atoms with Crippen molar-refractivity contribution in [3.8, 4) is 11.8 Å². The van der Waals surface area contributed by atoms with Crippen molar-refractivity contribution < 1.29 is 9.90 Å². The second-order valence-corrected chi connectivity index (χ2v) is 4.54. The number of rotatable bonds is 4. The third-order valence-corrected chi connectivity index (χ3v) is 2.86. The van der Waals surface area contributed by atoms with Gasteiger partial charge in [-0.25, -0.2) is 0 Å². The maximum absolute atomic E-state index is 12.2. The first-order valence-electron chi connectivity index (χ1n) is 6.66. The Morgan fingerprint density at radius 1 is 1.43 bits per heavy atom. The summed E-state index contributed by atoms with van der Waals surface area (Å²) in [5, 5.41) is 15.7. The van der Waals surface area contributed by atoms with Gasteiger partial charge in [0.05, 0.1) is 18.3 Å². The van der Waals surface area contributed by atoms with Crippen molar-refractivity contribution in [2.45, 2.75) is 13.5 Å². The lowest BCUT2D eigenvalue weighted by Crippen LogP contribution is -2.28. The lowest BCUT2D eigenvalue weighted by molar-refractivity contribution is 0.0951. The van der Waals surface area contributed by atoms with E-state index in [0.29, 0.717) is 24.2 Å². The molecule has 0 radical (unpaired) electrons. The number of aliphatic hydroxyl groups is 1. The number of amides is 1. The highest BCUT2D eigenvalue weighted by Gasteiger charge is 2.08. The Kier molecular flexibility index (Phi) is 5.13. The highest BCUT2D eigenvalue weighted by atomic mass is 16.2. The molecule has 5 nitrogen and oxygen atoms in total. The smallest absolute Gasteiger partial charge is 0.252 e. The molecule has 1 aromatic carbocycles. The number of nitrogens with one attached hydrogen (secondary N) is 1. The largest absolute Gasteiger partial charge is 0.384 e. The third kappa shape index (κ3) is 4.20. The summed E-state index contributed by atoms with van der Waals surface area (Å²) in [6.45, 7) is 2.85. The summed E-state index contributed by atoms with van der Waals surface area (Å²) < 4.78 is 1.78. The van der Waals surface area contributed by atoms with E-state index >= 15 is 0 Å². The topological polar surface area (TPSA) is 67.2 Å². The molecule has 0 saturated heterocycles. The summed E-state index contributed by atoms with van der Waals surface area (Å²) in [7, 11) is 0. The minimum atomic E-state index is -0.228. The maximum atomic E-state index is 12.2. The van der Waals surface area contributed by atoms with Crippen LogP contribution >= 0.6 is 0 Å². The Morgan fingerprint density at radius 3 is 2.95 bits per heavy atom. The molecule has 1 aromatic heterocycles. The van der Waals surface area contributed by atoms with Gasteiger partial charge >= 0.3 is 0 Å². The zero-order valence-corrected chi connectivity index (χ0v) is 11.8. The van der Waals surface area contributed by atoms with E-state index in [-0.39, 0.29) is 12.5 Å². The van der Waals surface area contributed by atoms with E-state index in [1.165, 1.54) is 0 Å². The van der Waals surface area contributed by atoms with Crippen molar-refractivity contribution in [3.05, 3.63) is 53.3 Å². The van der Waals surface area contributed by atoms with Crippen molar-refractivity contribution in [2.75, 3.05) is 13.2 Å². The van der Waals surface area contributed by atoms with Gasteiger partial charge in [0.2, 0.25) is 0 Å². The van der Waals surface area contributed by atoms with Crippen molar-refractivity contribution in [1.29, 1.82) is 0 Å². The molecule has 1 heterocycles. The molecule has 21 heavy (non-hydrogen) atoms. The fourth-order valence-electron chi connectivity index (χ4n) is 1.89. The number of carbonyl (C=O) groups excluding carboxylic acids is 1. The first-order valence-corrected chi connectivity index (χ1v) is 6.66. The maximum Gasteiger partial charge on any atom is 0.252 e. The van der Waals surface area contributed by atoms with Crippen LogP contribution in [0.15, 0.2) is 36.7 Å². The van der Waals surface area contributed by atoms with Crippen LogP contribution in [0, 0.1) is 18.8 Å². The summed E-state index contributed by atoms with van der Waals surface area (Å²) >= 11 is 0. The number of aliphatic hydroxyl groups excluding tert-OH is 1. The monoisotopic (exact) mass is 283 g/mol. The van der Waals surface area contributed by atoms with Crippen molar-refractivity contribution >= 4 is 5.91 Å². The zero-order valence-electron chi connectivity index (χ0n) is 11.8. The van der Waals surface area contributed by atoms with Crippen LogP contribution in [0.5, 0.6) is 0 Å². The second kappa shape index (κ2) is 7.27. The Bertz CT molecular complexity index is 680. The van der Waals surface area contributed by atoms with Crippen molar-refractivity contribution in [2.24, 2.45) is 0 Å². The van der Waals surface area contributed by atoms with Gasteiger partial charge in [-0.15, -0.1) is 0 Å². The molecule has 5 heteroatoms. The van der Waals surface area contributed by atoms with Gasteiger partial charge in [0.1, 0.15) is 6.61 Å². The molecule has 0 aliphatic rings. The number of nitrogens with zero attached hydrogens (tertiary/aromatic N) is 2. The molecule has 0 atom stereocenters. The lowest BCUT2D eigenvalue weighted by Gasteiger charge is -2.07. The molecule has 0 bridgehead atoms. The fraction of sp³-hybridized carbons (Fsp3) is 0.250. The molecule has 2 N–H and O–H groups in total. The Labute approximate surface area is 123 Å². The fourth-order valence-corrected chi connectivity index (χ4v) is 1.89. The van der Waals surface area contributed by atoms with Crippen LogP contribution < -0.4 is 5.32 Å². The van der Waals surface area contributed by atoms with Gasteiger partial charge in [0.15, 0.2) is 0 Å². The molecular weight excluding hydrogens is 266 g/mol. The Balaban J connectivity index is 1.97. The molecule has 1 amide bonds. The predicted octanol–water partition coefficient (Wildman–Crippen LogP) is 0.965. The summed E-state index contributed by atoms with van der Waals surface area (Å²) in [6, 6.07) is 7.07. The normalized spacial score (nSPS) is 9.81. The minimum Gasteiger partial charge on any atom is -0.384 e. The van der Waals surface area contributed by atoms with Crippen LogP contribution in [-0.2, 0) is 6.54 Å². The van der Waals surface area contributed by atoms with Crippen LogP contribution in [0.2, 0.25) is 0 Å². The number of aromatic nitrogens is 2. The molecule has 2 aromatic rings. The second-order valence-electron chi connectivity index (χ2n) is 4.54. The van der Waals surface area contributed by atoms with Gasteiger partial charge in [0.25, 0.3) is 5.91 Å². The molecule has 0 fully saturated rings. The molecule has 108 valence electrons. The van der Waals surface area contributed by atoms with E-state index in [1.807, 2.05) is 19.2 Å². The average Bonchev–Trinajstić information content (AvgIpc) is 2.91. The highest BCUT2D eigenvalue weighted by molar-refractivity contribution is 5.96. The van der Waals surface area contributed by atoms with Gasteiger partial charge < -0.3 is 10.4 Å². The van der Waals surface area contributed by atoms with E-state index in [1.54, 1.807) is 29.1 Å². The minimum absolute atomic E-state index is 0.179. The molecule has 0 spiro atoms. The van der Waals surface area contributed by atoms with E-state index in [0.717, 1.165) is 5.56 Å². The number of hydrogen-bond donors (Lipinski definition) is 2. The molecular formula is C16H17N3O2. The number of benzene rings is 1. The van der Waals surface area contributed by atoms with Crippen LogP contribution in [-0.4, -0.2) is 33.9 Å². The highest BCUT2D eigenvalue weighted by Crippen LogP contribution is 2.07. The number of hydrogen-bond acceptors (Lipinski definition) is 3. The van der Waals surface area contributed by atoms with Crippen LogP contribution in [0.1, 0.15) is 21.5 Å². The molecule has 0 aliphatic carbocycles. The van der Waals surface area contributed by atoms with Crippen LogP contribution in [0.3, 0.4) is 0 Å². The zero-order chi connectivity index (χ0) is 15.1. The van der Waals surface area contributed by atoms with Gasteiger partial charge in [0, 0.05) is 18.3 Å². The lowest BCUT2D eigenvalue weighted by atomic mass is 10.1. The summed E-state index contributed by atoms with van der Waals surface area (Å²) in [6.07, 6.45) is 3.70. The van der Waals surface area contributed by atoms with E-state index in [2.05, 4.69) is 22.3 Å². The van der Waals surface area contributed by atoms with E-state index < -0.39 is 0 Å².